The Morgan fingerprint density at radius 3 is 2.86 bits per heavy atom. The monoisotopic (exact) mass is 409 g/mol. The molecule has 0 bridgehead atoms. The van der Waals surface area contributed by atoms with Gasteiger partial charge in [0.1, 0.15) is 5.56 Å². The van der Waals surface area contributed by atoms with Crippen molar-refractivity contribution in [2.45, 2.75) is 13.5 Å². The molecule has 0 saturated carbocycles. The van der Waals surface area contributed by atoms with Crippen molar-refractivity contribution in [3.05, 3.63) is 92.9 Å². The van der Waals surface area contributed by atoms with Crippen molar-refractivity contribution in [3.8, 4) is 0 Å². The van der Waals surface area contributed by atoms with Crippen molar-refractivity contribution in [2.75, 3.05) is 5.32 Å². The van der Waals surface area contributed by atoms with Gasteiger partial charge in [-0.25, -0.2) is 4.98 Å². The van der Waals surface area contributed by atoms with Crippen molar-refractivity contribution in [2.24, 2.45) is 0 Å². The van der Waals surface area contributed by atoms with E-state index in [0.29, 0.717) is 16.7 Å². The van der Waals surface area contributed by atoms with Crippen molar-refractivity contribution < 1.29 is 4.79 Å². The molecule has 4 aromatic rings. The second-order valence-electron chi connectivity index (χ2n) is 6.43. The van der Waals surface area contributed by atoms with E-state index in [4.69, 9.17) is 11.6 Å². The van der Waals surface area contributed by atoms with E-state index in [1.54, 1.807) is 24.4 Å². The Hall–Kier alpha value is -2.96. The number of nitrogens with zero attached hydrogens (tertiary/aromatic N) is 2. The average Bonchev–Trinajstić information content (AvgIpc) is 3.04. The van der Waals surface area contributed by atoms with E-state index in [1.807, 2.05) is 37.3 Å². The van der Waals surface area contributed by atoms with Gasteiger partial charge in [-0.3, -0.25) is 14.9 Å². The molecule has 0 aliphatic heterocycles. The highest BCUT2D eigenvalue weighted by Gasteiger charge is 2.15. The normalized spacial score (nSPS) is 10.9. The van der Waals surface area contributed by atoms with Gasteiger partial charge in [-0.15, -0.1) is 0 Å². The molecule has 28 heavy (non-hydrogen) atoms. The van der Waals surface area contributed by atoms with E-state index in [2.05, 4.69) is 10.3 Å². The van der Waals surface area contributed by atoms with Crippen LogP contribution in [0.4, 0.5) is 5.13 Å². The summed E-state index contributed by atoms with van der Waals surface area (Å²) < 4.78 is 2.48. The predicted molar refractivity (Wildman–Crippen MR) is 114 cm³/mol. The number of anilines is 1. The maximum absolute atomic E-state index is 12.8. The Morgan fingerprint density at radius 2 is 2.04 bits per heavy atom. The van der Waals surface area contributed by atoms with Crippen LogP contribution in [0, 0.1) is 6.92 Å². The van der Waals surface area contributed by atoms with E-state index >= 15 is 0 Å². The highest BCUT2D eigenvalue weighted by Crippen LogP contribution is 2.26. The summed E-state index contributed by atoms with van der Waals surface area (Å²) in [4.78, 5) is 29.8. The van der Waals surface area contributed by atoms with Crippen LogP contribution in [0.25, 0.3) is 10.2 Å². The first-order valence-corrected chi connectivity index (χ1v) is 9.81. The van der Waals surface area contributed by atoms with Gasteiger partial charge in [0.25, 0.3) is 11.5 Å². The first-order valence-electron chi connectivity index (χ1n) is 8.62. The van der Waals surface area contributed by atoms with Crippen LogP contribution in [-0.4, -0.2) is 15.5 Å². The summed E-state index contributed by atoms with van der Waals surface area (Å²) >= 11 is 7.39. The summed E-state index contributed by atoms with van der Waals surface area (Å²) in [5.74, 6) is -0.471. The smallest absolute Gasteiger partial charge is 0.263 e. The topological polar surface area (TPSA) is 64.0 Å². The SMILES string of the molecule is Cc1ccc2nc(NC(=O)c3cccn(Cc4cccc(Cl)c4)c3=O)sc2c1. The Kier molecular flexibility index (Phi) is 4.98. The molecule has 2 aromatic heterocycles. The minimum atomic E-state index is -0.471. The molecule has 0 aliphatic carbocycles. The molecular formula is C21H16ClN3O2S. The molecular weight excluding hydrogens is 394 g/mol. The molecule has 2 heterocycles. The van der Waals surface area contributed by atoms with Crippen LogP contribution in [0.5, 0.6) is 0 Å². The minimum Gasteiger partial charge on any atom is -0.310 e. The van der Waals surface area contributed by atoms with Gasteiger partial charge in [0.15, 0.2) is 5.13 Å². The molecule has 4 rings (SSSR count). The van der Waals surface area contributed by atoms with Crippen LogP contribution >= 0.6 is 22.9 Å². The summed E-state index contributed by atoms with van der Waals surface area (Å²) in [6, 6.07) is 16.4. The van der Waals surface area contributed by atoms with Gasteiger partial charge in [0.2, 0.25) is 0 Å². The van der Waals surface area contributed by atoms with Gasteiger partial charge in [-0.1, -0.05) is 41.1 Å². The number of pyridine rings is 1. The number of nitrogens with one attached hydrogen (secondary N) is 1. The Bertz CT molecular complexity index is 1250. The quantitative estimate of drug-likeness (QED) is 0.530. The highest BCUT2D eigenvalue weighted by molar-refractivity contribution is 7.22. The van der Waals surface area contributed by atoms with Gasteiger partial charge >= 0.3 is 0 Å². The predicted octanol–water partition coefficient (Wildman–Crippen LogP) is 4.72. The molecule has 0 radical (unpaired) electrons. The largest absolute Gasteiger partial charge is 0.310 e. The van der Waals surface area contributed by atoms with E-state index < -0.39 is 5.91 Å². The van der Waals surface area contributed by atoms with Crippen molar-refractivity contribution in [3.63, 3.8) is 0 Å². The number of aryl methyl sites for hydroxylation is 1. The number of hydrogen-bond acceptors (Lipinski definition) is 4. The number of fused-ring (bicyclic) bond motifs is 1. The number of hydrogen-bond donors (Lipinski definition) is 1. The van der Waals surface area contributed by atoms with E-state index in [-0.39, 0.29) is 11.1 Å². The fraction of sp³-hybridized carbons (Fsp3) is 0.0952. The Labute approximate surface area is 170 Å². The molecule has 2 aromatic carbocycles. The summed E-state index contributed by atoms with van der Waals surface area (Å²) in [5, 5.41) is 3.81. The van der Waals surface area contributed by atoms with E-state index in [0.717, 1.165) is 21.3 Å². The van der Waals surface area contributed by atoms with Gasteiger partial charge in [0.05, 0.1) is 16.8 Å². The highest BCUT2D eigenvalue weighted by atomic mass is 35.5. The van der Waals surface area contributed by atoms with Crippen LogP contribution in [-0.2, 0) is 6.54 Å². The van der Waals surface area contributed by atoms with Crippen molar-refractivity contribution in [1.29, 1.82) is 0 Å². The zero-order valence-corrected chi connectivity index (χ0v) is 16.6. The molecule has 0 saturated heterocycles. The van der Waals surface area contributed by atoms with Gasteiger partial charge in [-0.2, -0.15) is 0 Å². The third-order valence-electron chi connectivity index (χ3n) is 4.27. The summed E-state index contributed by atoms with van der Waals surface area (Å²) in [6.07, 6.45) is 1.65. The third-order valence-corrected chi connectivity index (χ3v) is 5.44. The average molecular weight is 410 g/mol. The van der Waals surface area contributed by atoms with Crippen LogP contribution in [0.15, 0.2) is 65.6 Å². The fourth-order valence-corrected chi connectivity index (χ4v) is 4.09. The molecule has 0 unspecified atom stereocenters. The molecule has 7 heteroatoms. The summed E-state index contributed by atoms with van der Waals surface area (Å²) in [5.41, 5.74) is 2.53. The number of carbonyl (C=O) groups is 1. The Balaban J connectivity index is 1.59. The van der Waals surface area contributed by atoms with Gasteiger partial charge < -0.3 is 4.57 Å². The number of halogens is 1. The zero-order valence-electron chi connectivity index (χ0n) is 15.0. The molecule has 0 spiro atoms. The molecule has 0 atom stereocenters. The maximum atomic E-state index is 12.8. The lowest BCUT2D eigenvalue weighted by atomic mass is 10.2. The van der Waals surface area contributed by atoms with Gasteiger partial charge in [0, 0.05) is 11.2 Å². The molecule has 0 fully saturated rings. The van der Waals surface area contributed by atoms with Crippen LogP contribution in [0.3, 0.4) is 0 Å². The lowest BCUT2D eigenvalue weighted by Gasteiger charge is -2.08. The standard InChI is InChI=1S/C21H16ClN3O2S/c1-13-7-8-17-18(10-13)28-21(23-17)24-19(26)16-6-3-9-25(20(16)27)12-14-4-2-5-15(22)11-14/h2-11H,12H2,1H3,(H,23,24,26). The Morgan fingerprint density at radius 1 is 1.18 bits per heavy atom. The number of amides is 1. The zero-order chi connectivity index (χ0) is 19.7. The first kappa shape index (κ1) is 18.4. The van der Waals surface area contributed by atoms with Crippen LogP contribution in [0.1, 0.15) is 21.5 Å². The number of thiazole rings is 1. The number of benzene rings is 2. The molecule has 140 valence electrons. The second-order valence-corrected chi connectivity index (χ2v) is 7.90. The number of aromatic nitrogens is 2. The molecule has 1 amide bonds. The molecule has 0 aliphatic rings. The number of carbonyl (C=O) groups excluding carboxylic acids is 1. The fourth-order valence-electron chi connectivity index (χ4n) is 2.92. The summed E-state index contributed by atoms with van der Waals surface area (Å²) in [6.45, 7) is 2.34. The van der Waals surface area contributed by atoms with Crippen LogP contribution < -0.4 is 10.9 Å². The van der Waals surface area contributed by atoms with Crippen LogP contribution in [0.2, 0.25) is 5.02 Å². The van der Waals surface area contributed by atoms with Gasteiger partial charge in [-0.05, 0) is 54.4 Å². The maximum Gasteiger partial charge on any atom is 0.263 e. The molecule has 1 N–H and O–H groups in total. The second kappa shape index (κ2) is 7.58. The third kappa shape index (κ3) is 3.83. The first-order chi connectivity index (χ1) is 13.5. The van der Waals surface area contributed by atoms with E-state index in [9.17, 15) is 9.59 Å². The van der Waals surface area contributed by atoms with Crippen molar-refractivity contribution in [1.82, 2.24) is 9.55 Å². The lowest BCUT2D eigenvalue weighted by Crippen LogP contribution is -2.29. The molecule has 5 nitrogen and oxygen atoms in total. The number of rotatable bonds is 4. The van der Waals surface area contributed by atoms with E-state index in [1.165, 1.54) is 22.0 Å². The van der Waals surface area contributed by atoms with Crippen molar-refractivity contribution >= 4 is 44.2 Å². The summed E-state index contributed by atoms with van der Waals surface area (Å²) in [7, 11) is 0. The lowest BCUT2D eigenvalue weighted by molar-refractivity contribution is 0.102. The minimum absolute atomic E-state index is 0.0694.